The lowest BCUT2D eigenvalue weighted by Gasteiger charge is -2.35. The number of amides is 1. The summed E-state index contributed by atoms with van der Waals surface area (Å²) in [6.07, 6.45) is 4.39. The smallest absolute Gasteiger partial charge is 0.251 e. The Kier molecular flexibility index (Phi) is 4.04. The van der Waals surface area contributed by atoms with Gasteiger partial charge in [0, 0.05) is 11.6 Å². The number of halogens is 1. The highest BCUT2D eigenvalue weighted by Crippen LogP contribution is 2.35. The summed E-state index contributed by atoms with van der Waals surface area (Å²) in [5, 5.41) is 12.6. The SMILES string of the molecule is CC1(C)CCCC(NC(=O)c2ccc(O)c(Cl)c2)C1. The number of benzene rings is 1. The van der Waals surface area contributed by atoms with Crippen LogP contribution in [0.4, 0.5) is 0 Å². The van der Waals surface area contributed by atoms with Crippen LogP contribution in [0.3, 0.4) is 0 Å². The maximum Gasteiger partial charge on any atom is 0.251 e. The fourth-order valence-electron chi connectivity index (χ4n) is 2.74. The van der Waals surface area contributed by atoms with E-state index in [0.717, 1.165) is 19.3 Å². The lowest BCUT2D eigenvalue weighted by Crippen LogP contribution is -2.40. The third-order valence-electron chi connectivity index (χ3n) is 3.75. The Hall–Kier alpha value is -1.22. The van der Waals surface area contributed by atoms with E-state index >= 15 is 0 Å². The van der Waals surface area contributed by atoms with Crippen molar-refractivity contribution in [1.82, 2.24) is 5.32 Å². The molecule has 0 bridgehead atoms. The van der Waals surface area contributed by atoms with Gasteiger partial charge in [0.25, 0.3) is 5.91 Å². The summed E-state index contributed by atoms with van der Waals surface area (Å²) >= 11 is 5.82. The first kappa shape index (κ1) is 14.2. The Morgan fingerprint density at radius 2 is 2.21 bits per heavy atom. The Bertz CT molecular complexity index is 485. The summed E-state index contributed by atoms with van der Waals surface area (Å²) in [5.41, 5.74) is 0.786. The molecule has 19 heavy (non-hydrogen) atoms. The molecule has 1 aromatic rings. The van der Waals surface area contributed by atoms with Gasteiger partial charge in [0.05, 0.1) is 5.02 Å². The average molecular weight is 282 g/mol. The minimum atomic E-state index is -0.121. The van der Waals surface area contributed by atoms with Crippen molar-refractivity contribution in [3.05, 3.63) is 28.8 Å². The van der Waals surface area contributed by atoms with Crippen LogP contribution in [0.2, 0.25) is 5.02 Å². The van der Waals surface area contributed by atoms with Crippen molar-refractivity contribution in [2.75, 3.05) is 0 Å². The summed E-state index contributed by atoms with van der Waals surface area (Å²) in [6.45, 7) is 4.48. The number of carbonyl (C=O) groups excluding carboxylic acids is 1. The Morgan fingerprint density at radius 3 is 2.84 bits per heavy atom. The molecular formula is C15H20ClNO2. The van der Waals surface area contributed by atoms with Crippen LogP contribution < -0.4 is 5.32 Å². The van der Waals surface area contributed by atoms with Gasteiger partial charge in [0.15, 0.2) is 0 Å². The van der Waals surface area contributed by atoms with Crippen LogP contribution in [0, 0.1) is 5.41 Å². The first-order chi connectivity index (χ1) is 8.87. The van der Waals surface area contributed by atoms with Gasteiger partial charge in [-0.3, -0.25) is 4.79 Å². The zero-order valence-corrected chi connectivity index (χ0v) is 12.1. The summed E-state index contributed by atoms with van der Waals surface area (Å²) in [5.74, 6) is -0.124. The van der Waals surface area contributed by atoms with E-state index in [1.807, 2.05) is 0 Å². The second kappa shape index (κ2) is 5.41. The fraction of sp³-hybridized carbons (Fsp3) is 0.533. The van der Waals surface area contributed by atoms with E-state index < -0.39 is 0 Å². The Morgan fingerprint density at radius 1 is 1.47 bits per heavy atom. The van der Waals surface area contributed by atoms with E-state index in [-0.39, 0.29) is 22.7 Å². The van der Waals surface area contributed by atoms with Gasteiger partial charge < -0.3 is 10.4 Å². The molecular weight excluding hydrogens is 262 g/mol. The van der Waals surface area contributed by atoms with E-state index in [1.54, 1.807) is 6.07 Å². The fourth-order valence-corrected chi connectivity index (χ4v) is 2.92. The number of nitrogens with one attached hydrogen (secondary N) is 1. The Labute approximate surface area is 119 Å². The lowest BCUT2D eigenvalue weighted by atomic mass is 9.75. The molecule has 1 aromatic carbocycles. The molecule has 3 nitrogen and oxygen atoms in total. The molecule has 1 fully saturated rings. The molecule has 1 saturated carbocycles. The van der Waals surface area contributed by atoms with Crippen LogP contribution in [-0.4, -0.2) is 17.1 Å². The van der Waals surface area contributed by atoms with Gasteiger partial charge in [-0.1, -0.05) is 31.9 Å². The minimum Gasteiger partial charge on any atom is -0.506 e. The van der Waals surface area contributed by atoms with Crippen molar-refractivity contribution in [3.63, 3.8) is 0 Å². The van der Waals surface area contributed by atoms with Gasteiger partial charge in [0.2, 0.25) is 0 Å². The summed E-state index contributed by atoms with van der Waals surface area (Å²) in [6, 6.07) is 4.76. The van der Waals surface area contributed by atoms with E-state index in [0.29, 0.717) is 11.0 Å². The van der Waals surface area contributed by atoms with Crippen molar-refractivity contribution in [2.24, 2.45) is 5.41 Å². The van der Waals surface area contributed by atoms with Crippen LogP contribution in [0.5, 0.6) is 5.75 Å². The average Bonchev–Trinajstić information content (AvgIpc) is 2.31. The monoisotopic (exact) mass is 281 g/mol. The number of phenols is 1. The molecule has 2 rings (SSSR count). The van der Waals surface area contributed by atoms with Crippen LogP contribution in [-0.2, 0) is 0 Å². The van der Waals surface area contributed by atoms with Gasteiger partial charge in [-0.15, -0.1) is 0 Å². The molecule has 1 aliphatic carbocycles. The predicted octanol–water partition coefficient (Wildman–Crippen LogP) is 3.74. The van der Waals surface area contributed by atoms with Gasteiger partial charge >= 0.3 is 0 Å². The van der Waals surface area contributed by atoms with Gasteiger partial charge in [0.1, 0.15) is 5.75 Å². The van der Waals surface area contributed by atoms with Gasteiger partial charge in [-0.25, -0.2) is 0 Å². The molecule has 1 amide bonds. The van der Waals surface area contributed by atoms with Crippen molar-refractivity contribution in [1.29, 1.82) is 0 Å². The predicted molar refractivity (Wildman–Crippen MR) is 76.6 cm³/mol. The van der Waals surface area contributed by atoms with Crippen molar-refractivity contribution < 1.29 is 9.90 Å². The van der Waals surface area contributed by atoms with Gasteiger partial charge in [-0.2, -0.15) is 0 Å². The third kappa shape index (κ3) is 3.63. The van der Waals surface area contributed by atoms with Crippen molar-refractivity contribution >= 4 is 17.5 Å². The highest BCUT2D eigenvalue weighted by Gasteiger charge is 2.28. The number of hydrogen-bond acceptors (Lipinski definition) is 2. The molecule has 1 unspecified atom stereocenters. The normalized spacial score (nSPS) is 21.9. The number of phenolic OH excluding ortho intramolecular Hbond substituents is 1. The molecule has 1 aliphatic rings. The second-order valence-electron chi connectivity index (χ2n) is 6.10. The molecule has 0 aliphatic heterocycles. The zero-order valence-electron chi connectivity index (χ0n) is 11.4. The quantitative estimate of drug-likeness (QED) is 0.867. The Balaban J connectivity index is 2.02. The van der Waals surface area contributed by atoms with Crippen LogP contribution in [0.15, 0.2) is 18.2 Å². The first-order valence-corrected chi connectivity index (χ1v) is 7.04. The third-order valence-corrected chi connectivity index (χ3v) is 4.05. The number of carbonyl (C=O) groups is 1. The van der Waals surface area contributed by atoms with Crippen molar-refractivity contribution in [2.45, 2.75) is 45.6 Å². The number of hydrogen-bond donors (Lipinski definition) is 2. The summed E-state index contributed by atoms with van der Waals surface area (Å²) in [4.78, 5) is 12.1. The topological polar surface area (TPSA) is 49.3 Å². The molecule has 0 spiro atoms. The summed E-state index contributed by atoms with van der Waals surface area (Å²) in [7, 11) is 0. The first-order valence-electron chi connectivity index (χ1n) is 6.67. The number of rotatable bonds is 2. The standard InChI is InChI=1S/C15H20ClNO2/c1-15(2)7-3-4-11(9-15)17-14(19)10-5-6-13(18)12(16)8-10/h5-6,8,11,18H,3-4,7,9H2,1-2H3,(H,17,19). The maximum atomic E-state index is 12.1. The van der Waals surface area contributed by atoms with E-state index in [9.17, 15) is 9.90 Å². The lowest BCUT2D eigenvalue weighted by molar-refractivity contribution is 0.0902. The van der Waals surface area contributed by atoms with Crippen LogP contribution in [0.1, 0.15) is 49.9 Å². The minimum absolute atomic E-state index is 0.00276. The highest BCUT2D eigenvalue weighted by molar-refractivity contribution is 6.32. The van der Waals surface area contributed by atoms with Gasteiger partial charge in [-0.05, 0) is 42.9 Å². The second-order valence-corrected chi connectivity index (χ2v) is 6.50. The number of aromatic hydroxyl groups is 1. The molecule has 2 N–H and O–H groups in total. The molecule has 0 radical (unpaired) electrons. The molecule has 4 heteroatoms. The van der Waals surface area contributed by atoms with Crippen molar-refractivity contribution in [3.8, 4) is 5.75 Å². The largest absolute Gasteiger partial charge is 0.506 e. The van der Waals surface area contributed by atoms with Crippen LogP contribution in [0.25, 0.3) is 0 Å². The highest BCUT2D eigenvalue weighted by atomic mass is 35.5. The molecule has 0 aromatic heterocycles. The molecule has 104 valence electrons. The van der Waals surface area contributed by atoms with Crippen LogP contribution >= 0.6 is 11.6 Å². The maximum absolute atomic E-state index is 12.1. The van der Waals surface area contributed by atoms with E-state index in [4.69, 9.17) is 11.6 Å². The van der Waals surface area contributed by atoms with E-state index in [2.05, 4.69) is 19.2 Å². The molecule has 0 saturated heterocycles. The zero-order chi connectivity index (χ0) is 14.0. The molecule has 0 heterocycles. The molecule has 1 atom stereocenters. The summed E-state index contributed by atoms with van der Waals surface area (Å²) < 4.78 is 0. The van der Waals surface area contributed by atoms with E-state index in [1.165, 1.54) is 18.6 Å².